The van der Waals surface area contributed by atoms with E-state index in [9.17, 15) is 4.79 Å². The van der Waals surface area contributed by atoms with Gasteiger partial charge < -0.3 is 15.5 Å². The summed E-state index contributed by atoms with van der Waals surface area (Å²) in [4.78, 5) is 13.2. The van der Waals surface area contributed by atoms with E-state index in [1.807, 2.05) is 66.2 Å². The van der Waals surface area contributed by atoms with Crippen LogP contribution in [0.15, 0.2) is 70.2 Å². The fourth-order valence-corrected chi connectivity index (χ4v) is 4.68. The van der Waals surface area contributed by atoms with Gasteiger partial charge in [0, 0.05) is 15.9 Å². The van der Waals surface area contributed by atoms with E-state index in [4.69, 9.17) is 4.74 Å². The van der Waals surface area contributed by atoms with Gasteiger partial charge in [0.1, 0.15) is 11.0 Å². The van der Waals surface area contributed by atoms with Gasteiger partial charge in [-0.15, -0.1) is 0 Å². The van der Waals surface area contributed by atoms with Crippen LogP contribution in [0.3, 0.4) is 0 Å². The average Bonchev–Trinajstić information content (AvgIpc) is 3.09. The molecule has 144 valence electrons. The number of nitrogens with zero attached hydrogens (tertiary/aromatic N) is 1. The number of benzene rings is 2. The number of ether oxygens (including phenoxy) is 1. The van der Waals surface area contributed by atoms with Crippen molar-refractivity contribution in [1.82, 2.24) is 4.68 Å². The van der Waals surface area contributed by atoms with Crippen molar-refractivity contribution in [1.29, 1.82) is 0 Å². The Morgan fingerprint density at radius 1 is 1.11 bits per heavy atom. The second-order valence-electron chi connectivity index (χ2n) is 6.56. The SMILES string of the molecule is COc1ccc([C@@H]2Nn3c(C)ccc3S[C@H]2C(=O)Nc2ccc(Br)cc2)cc1. The Morgan fingerprint density at radius 3 is 2.50 bits per heavy atom. The maximum Gasteiger partial charge on any atom is 0.240 e. The Hall–Kier alpha value is -2.38. The number of aromatic nitrogens is 1. The van der Waals surface area contributed by atoms with Crippen LogP contribution < -0.4 is 15.5 Å². The molecular formula is C21H20BrN3O2S. The molecule has 0 radical (unpaired) electrons. The fraction of sp³-hybridized carbons (Fsp3) is 0.190. The maximum absolute atomic E-state index is 13.2. The summed E-state index contributed by atoms with van der Waals surface area (Å²) < 4.78 is 8.29. The van der Waals surface area contributed by atoms with Gasteiger partial charge in [0.25, 0.3) is 0 Å². The average molecular weight is 458 g/mol. The molecule has 1 aliphatic heterocycles. The van der Waals surface area contributed by atoms with E-state index in [0.29, 0.717) is 0 Å². The van der Waals surface area contributed by atoms with E-state index in [-0.39, 0.29) is 17.2 Å². The lowest BCUT2D eigenvalue weighted by atomic mass is 10.0. The number of rotatable bonds is 4. The summed E-state index contributed by atoms with van der Waals surface area (Å²) in [6.07, 6.45) is 0. The number of aryl methyl sites for hydroxylation is 1. The molecule has 0 bridgehead atoms. The summed E-state index contributed by atoms with van der Waals surface area (Å²) >= 11 is 4.99. The van der Waals surface area contributed by atoms with Crippen LogP contribution in [0.2, 0.25) is 0 Å². The number of halogens is 1. The maximum atomic E-state index is 13.2. The molecule has 4 rings (SSSR count). The van der Waals surface area contributed by atoms with Crippen LogP contribution >= 0.6 is 27.7 Å². The molecule has 1 amide bonds. The minimum absolute atomic E-state index is 0.0363. The number of carbonyl (C=O) groups is 1. The molecule has 7 heteroatoms. The molecule has 2 heterocycles. The van der Waals surface area contributed by atoms with Crippen LogP contribution in [0, 0.1) is 6.92 Å². The lowest BCUT2D eigenvalue weighted by Crippen LogP contribution is -2.41. The van der Waals surface area contributed by atoms with E-state index in [1.165, 1.54) is 0 Å². The van der Waals surface area contributed by atoms with Crippen LogP contribution in [0.5, 0.6) is 5.75 Å². The minimum atomic E-state index is -0.321. The summed E-state index contributed by atoms with van der Waals surface area (Å²) in [6, 6.07) is 19.4. The van der Waals surface area contributed by atoms with Gasteiger partial charge in [-0.3, -0.25) is 9.47 Å². The second kappa shape index (κ2) is 7.93. The number of amides is 1. The van der Waals surface area contributed by atoms with Gasteiger partial charge >= 0.3 is 0 Å². The quantitative estimate of drug-likeness (QED) is 0.580. The van der Waals surface area contributed by atoms with Gasteiger partial charge in [-0.25, -0.2) is 0 Å². The highest BCUT2D eigenvalue weighted by Crippen LogP contribution is 2.39. The Kier molecular flexibility index (Phi) is 5.37. The van der Waals surface area contributed by atoms with E-state index in [1.54, 1.807) is 18.9 Å². The van der Waals surface area contributed by atoms with Crippen molar-refractivity contribution in [3.63, 3.8) is 0 Å². The number of methoxy groups -OCH3 is 1. The zero-order valence-corrected chi connectivity index (χ0v) is 17.9. The van der Waals surface area contributed by atoms with Gasteiger partial charge in [-0.2, -0.15) is 0 Å². The Balaban J connectivity index is 1.64. The van der Waals surface area contributed by atoms with Gasteiger partial charge in [-0.05, 0) is 61.0 Å². The molecule has 0 saturated heterocycles. The van der Waals surface area contributed by atoms with E-state index >= 15 is 0 Å². The van der Waals surface area contributed by atoms with Crippen molar-refractivity contribution in [2.45, 2.75) is 23.2 Å². The molecule has 28 heavy (non-hydrogen) atoms. The van der Waals surface area contributed by atoms with E-state index in [2.05, 4.69) is 32.7 Å². The van der Waals surface area contributed by atoms with Crippen molar-refractivity contribution in [3.8, 4) is 5.75 Å². The highest BCUT2D eigenvalue weighted by atomic mass is 79.9. The first-order chi connectivity index (χ1) is 13.5. The first kappa shape index (κ1) is 19.0. The predicted molar refractivity (Wildman–Crippen MR) is 117 cm³/mol. The monoisotopic (exact) mass is 457 g/mol. The van der Waals surface area contributed by atoms with Crippen LogP contribution in [0.1, 0.15) is 17.3 Å². The number of hydrogen-bond donors (Lipinski definition) is 2. The third kappa shape index (κ3) is 3.77. The number of thioether (sulfide) groups is 1. The van der Waals surface area contributed by atoms with Crippen molar-refractivity contribution in [2.75, 3.05) is 17.9 Å². The summed E-state index contributed by atoms with van der Waals surface area (Å²) in [6.45, 7) is 2.05. The fourth-order valence-electron chi connectivity index (χ4n) is 3.19. The van der Waals surface area contributed by atoms with Crippen molar-refractivity contribution >= 4 is 39.3 Å². The van der Waals surface area contributed by atoms with E-state index in [0.717, 1.165) is 32.2 Å². The largest absolute Gasteiger partial charge is 0.497 e. The lowest BCUT2D eigenvalue weighted by Gasteiger charge is -2.34. The van der Waals surface area contributed by atoms with Gasteiger partial charge in [0.15, 0.2) is 0 Å². The number of fused-ring (bicyclic) bond motifs is 1. The molecule has 2 aromatic carbocycles. The van der Waals surface area contributed by atoms with Gasteiger partial charge in [-0.1, -0.05) is 39.8 Å². The first-order valence-electron chi connectivity index (χ1n) is 8.87. The normalized spacial score (nSPS) is 18.1. The molecule has 0 fully saturated rings. The number of anilines is 1. The Bertz CT molecular complexity index is 986. The first-order valence-corrected chi connectivity index (χ1v) is 10.5. The summed E-state index contributed by atoms with van der Waals surface area (Å²) in [5, 5.41) is 3.75. The molecule has 0 unspecified atom stereocenters. The molecule has 1 aromatic heterocycles. The number of hydrogen-bond acceptors (Lipinski definition) is 4. The van der Waals surface area contributed by atoms with Crippen molar-refractivity contribution < 1.29 is 9.53 Å². The van der Waals surface area contributed by atoms with Crippen LogP contribution in [-0.4, -0.2) is 22.9 Å². The summed E-state index contributed by atoms with van der Waals surface area (Å²) in [5.41, 5.74) is 6.42. The van der Waals surface area contributed by atoms with Gasteiger partial charge in [0.05, 0.1) is 18.2 Å². The lowest BCUT2D eigenvalue weighted by molar-refractivity contribution is -0.116. The predicted octanol–water partition coefficient (Wildman–Crippen LogP) is 4.97. The summed E-state index contributed by atoms with van der Waals surface area (Å²) in [7, 11) is 1.65. The zero-order chi connectivity index (χ0) is 19.7. The molecule has 2 N–H and O–H groups in total. The van der Waals surface area contributed by atoms with Crippen molar-refractivity contribution in [3.05, 3.63) is 76.4 Å². The summed E-state index contributed by atoms with van der Waals surface area (Å²) in [5.74, 6) is 0.756. The highest BCUT2D eigenvalue weighted by Gasteiger charge is 2.36. The Labute approximate surface area is 176 Å². The molecule has 0 aliphatic carbocycles. The van der Waals surface area contributed by atoms with Gasteiger partial charge in [0.2, 0.25) is 5.91 Å². The van der Waals surface area contributed by atoms with E-state index < -0.39 is 0 Å². The Morgan fingerprint density at radius 2 is 1.82 bits per heavy atom. The molecule has 0 saturated carbocycles. The van der Waals surface area contributed by atoms with Crippen molar-refractivity contribution in [2.24, 2.45) is 0 Å². The zero-order valence-electron chi connectivity index (χ0n) is 15.5. The molecule has 2 atom stereocenters. The minimum Gasteiger partial charge on any atom is -0.497 e. The third-order valence-corrected chi connectivity index (χ3v) is 6.53. The molecular weight excluding hydrogens is 438 g/mol. The molecule has 5 nitrogen and oxygen atoms in total. The van der Waals surface area contributed by atoms with Crippen LogP contribution in [-0.2, 0) is 4.79 Å². The van der Waals surface area contributed by atoms with Crippen LogP contribution in [0.25, 0.3) is 0 Å². The number of nitrogens with one attached hydrogen (secondary N) is 2. The molecule has 0 spiro atoms. The molecule has 3 aromatic rings. The topological polar surface area (TPSA) is 55.3 Å². The molecule has 1 aliphatic rings. The second-order valence-corrected chi connectivity index (χ2v) is 8.64. The highest BCUT2D eigenvalue weighted by molar-refractivity contribution is 9.10. The standard InChI is InChI=1S/C21H20BrN3O2S/c1-13-3-12-18-25(13)24-19(14-4-10-17(27-2)11-5-14)20(28-18)21(26)23-16-8-6-15(22)7-9-16/h3-12,19-20,24H,1-2H3,(H,23,26)/t19-,20+/m0/s1. The van der Waals surface area contributed by atoms with Crippen LogP contribution in [0.4, 0.5) is 5.69 Å². The third-order valence-electron chi connectivity index (χ3n) is 4.70. The number of carbonyl (C=O) groups excluding carboxylic acids is 1. The smallest absolute Gasteiger partial charge is 0.240 e.